The molecule has 0 aromatic heterocycles. The van der Waals surface area contributed by atoms with Crippen LogP contribution in [0.1, 0.15) is 29.0 Å². The molecule has 5 heteroatoms. The van der Waals surface area contributed by atoms with E-state index in [0.717, 1.165) is 5.56 Å². The summed E-state index contributed by atoms with van der Waals surface area (Å²) >= 11 is 0. The largest absolute Gasteiger partial charge is 0.444 e. The Hall–Kier alpha value is -3.60. The van der Waals surface area contributed by atoms with Crippen molar-refractivity contribution >= 4 is 12.1 Å². The van der Waals surface area contributed by atoms with E-state index in [2.05, 4.69) is 0 Å². The highest BCUT2D eigenvalue weighted by Gasteiger charge is 2.47. The first-order valence-corrected chi connectivity index (χ1v) is 9.03. The van der Waals surface area contributed by atoms with Crippen LogP contribution in [0.3, 0.4) is 0 Å². The summed E-state index contributed by atoms with van der Waals surface area (Å²) in [5.41, 5.74) is 2.27. The summed E-state index contributed by atoms with van der Waals surface area (Å²) in [6.45, 7) is 0.118. The molecule has 3 aromatic rings. The summed E-state index contributed by atoms with van der Waals surface area (Å²) in [7, 11) is 0. The van der Waals surface area contributed by atoms with Crippen LogP contribution in [0.4, 0.5) is 4.79 Å². The molecule has 140 valence electrons. The van der Waals surface area contributed by atoms with Gasteiger partial charge in [-0.1, -0.05) is 91.0 Å². The molecule has 0 radical (unpaired) electrons. The molecule has 0 N–H and O–H groups in total. The fourth-order valence-electron chi connectivity index (χ4n) is 3.25. The number of amides is 1. The lowest BCUT2D eigenvalue weighted by atomic mass is 10.1. The minimum atomic E-state index is -0.852. The number of cyclic esters (lactones) is 1. The third kappa shape index (κ3) is 3.60. The Morgan fingerprint density at radius 2 is 1.36 bits per heavy atom. The van der Waals surface area contributed by atoms with Gasteiger partial charge in [0, 0.05) is 5.56 Å². The van der Waals surface area contributed by atoms with E-state index in [1.807, 2.05) is 78.9 Å². The zero-order chi connectivity index (χ0) is 19.3. The highest BCUT2D eigenvalue weighted by atomic mass is 16.6. The summed E-state index contributed by atoms with van der Waals surface area (Å²) in [5.74, 6) is -0.475. The summed E-state index contributed by atoms with van der Waals surface area (Å²) in [6, 6.07) is 26.9. The summed E-state index contributed by atoms with van der Waals surface area (Å²) in [5, 5.41) is 0. The molecule has 4 rings (SSSR count). The molecular formula is C23H19NO4. The molecular weight excluding hydrogens is 354 g/mol. The van der Waals surface area contributed by atoms with Crippen LogP contribution in [0.15, 0.2) is 91.0 Å². The average molecular weight is 373 g/mol. The first-order valence-electron chi connectivity index (χ1n) is 9.03. The van der Waals surface area contributed by atoms with Crippen LogP contribution >= 0.6 is 0 Å². The SMILES string of the molecule is O=C1O[C@@H](c2ccccc2)N(C(=O)OCc2ccccc2)[C@@H]1c1ccccc1. The van der Waals surface area contributed by atoms with Gasteiger partial charge in [0.1, 0.15) is 6.61 Å². The van der Waals surface area contributed by atoms with Gasteiger partial charge in [0.05, 0.1) is 0 Å². The van der Waals surface area contributed by atoms with Crippen molar-refractivity contribution in [1.29, 1.82) is 0 Å². The second kappa shape index (κ2) is 7.96. The molecule has 5 nitrogen and oxygen atoms in total. The predicted molar refractivity (Wildman–Crippen MR) is 103 cm³/mol. The average Bonchev–Trinajstić information content (AvgIpc) is 3.11. The summed E-state index contributed by atoms with van der Waals surface area (Å²) in [6.07, 6.45) is -1.43. The lowest BCUT2D eigenvalue weighted by Gasteiger charge is -2.26. The second-order valence-corrected chi connectivity index (χ2v) is 6.46. The Bertz CT molecular complexity index is 944. The van der Waals surface area contributed by atoms with Crippen LogP contribution in [0.2, 0.25) is 0 Å². The number of hydrogen-bond donors (Lipinski definition) is 0. The maximum atomic E-state index is 13.0. The van der Waals surface area contributed by atoms with Gasteiger partial charge >= 0.3 is 12.1 Å². The topological polar surface area (TPSA) is 55.8 Å². The Balaban J connectivity index is 1.64. The van der Waals surface area contributed by atoms with Crippen molar-refractivity contribution < 1.29 is 19.1 Å². The Morgan fingerprint density at radius 3 is 1.96 bits per heavy atom. The van der Waals surface area contributed by atoms with E-state index in [0.29, 0.717) is 11.1 Å². The maximum Gasteiger partial charge on any atom is 0.414 e. The molecule has 0 unspecified atom stereocenters. The number of ether oxygens (including phenoxy) is 2. The predicted octanol–water partition coefficient (Wildman–Crippen LogP) is 4.62. The molecule has 1 aliphatic heterocycles. The number of rotatable bonds is 4. The Kier molecular flexibility index (Phi) is 5.06. The number of nitrogens with zero attached hydrogens (tertiary/aromatic N) is 1. The van der Waals surface area contributed by atoms with Gasteiger partial charge in [0.25, 0.3) is 0 Å². The lowest BCUT2D eigenvalue weighted by Crippen LogP contribution is -2.34. The van der Waals surface area contributed by atoms with E-state index in [1.165, 1.54) is 4.90 Å². The highest BCUT2D eigenvalue weighted by Crippen LogP contribution is 2.40. The van der Waals surface area contributed by atoms with Gasteiger partial charge in [0.15, 0.2) is 6.04 Å². The first kappa shape index (κ1) is 17.8. The molecule has 1 amide bonds. The number of carbonyl (C=O) groups excluding carboxylic acids is 2. The minimum absolute atomic E-state index is 0.118. The van der Waals surface area contributed by atoms with Crippen LogP contribution < -0.4 is 0 Å². The van der Waals surface area contributed by atoms with Crippen molar-refractivity contribution in [2.75, 3.05) is 0 Å². The number of carbonyl (C=O) groups is 2. The Labute approximate surface area is 163 Å². The third-order valence-electron chi connectivity index (χ3n) is 4.60. The van der Waals surface area contributed by atoms with Crippen LogP contribution in [0.5, 0.6) is 0 Å². The van der Waals surface area contributed by atoms with E-state index in [1.54, 1.807) is 12.1 Å². The van der Waals surface area contributed by atoms with Gasteiger partial charge in [-0.05, 0) is 11.1 Å². The normalized spacial score (nSPS) is 18.6. The van der Waals surface area contributed by atoms with Crippen molar-refractivity contribution in [3.05, 3.63) is 108 Å². The highest BCUT2D eigenvalue weighted by molar-refractivity contribution is 5.86. The molecule has 1 aliphatic rings. The molecule has 0 spiro atoms. The van der Waals surface area contributed by atoms with Crippen molar-refractivity contribution in [2.45, 2.75) is 18.9 Å². The molecule has 0 aliphatic carbocycles. The lowest BCUT2D eigenvalue weighted by molar-refractivity contribution is -0.143. The molecule has 28 heavy (non-hydrogen) atoms. The van der Waals surface area contributed by atoms with Gasteiger partial charge in [0.2, 0.25) is 6.23 Å². The summed E-state index contributed by atoms with van der Waals surface area (Å²) in [4.78, 5) is 27.1. The zero-order valence-corrected chi connectivity index (χ0v) is 15.1. The van der Waals surface area contributed by atoms with E-state index < -0.39 is 24.3 Å². The van der Waals surface area contributed by atoms with Crippen molar-refractivity contribution in [2.24, 2.45) is 0 Å². The van der Waals surface area contributed by atoms with Crippen LogP contribution in [-0.2, 0) is 20.9 Å². The van der Waals surface area contributed by atoms with Gasteiger partial charge < -0.3 is 9.47 Å². The zero-order valence-electron chi connectivity index (χ0n) is 15.1. The summed E-state index contributed by atoms with van der Waals surface area (Å²) < 4.78 is 11.1. The van der Waals surface area contributed by atoms with E-state index >= 15 is 0 Å². The van der Waals surface area contributed by atoms with Crippen molar-refractivity contribution in [3.63, 3.8) is 0 Å². The van der Waals surface area contributed by atoms with Gasteiger partial charge in [-0.15, -0.1) is 0 Å². The van der Waals surface area contributed by atoms with Gasteiger partial charge in [-0.2, -0.15) is 0 Å². The van der Waals surface area contributed by atoms with E-state index in [-0.39, 0.29) is 6.61 Å². The maximum absolute atomic E-state index is 13.0. The molecule has 2 atom stereocenters. The van der Waals surface area contributed by atoms with Crippen molar-refractivity contribution in [3.8, 4) is 0 Å². The molecule has 3 aromatic carbocycles. The Morgan fingerprint density at radius 1 is 0.821 bits per heavy atom. The van der Waals surface area contributed by atoms with Crippen LogP contribution in [-0.4, -0.2) is 17.0 Å². The van der Waals surface area contributed by atoms with E-state index in [4.69, 9.17) is 9.47 Å². The molecule has 1 heterocycles. The molecule has 0 bridgehead atoms. The number of benzene rings is 3. The molecule has 1 fully saturated rings. The van der Waals surface area contributed by atoms with Crippen LogP contribution in [0, 0.1) is 0 Å². The molecule has 1 saturated heterocycles. The molecule has 0 saturated carbocycles. The fraction of sp³-hybridized carbons (Fsp3) is 0.130. The van der Waals surface area contributed by atoms with Crippen LogP contribution in [0.25, 0.3) is 0 Å². The van der Waals surface area contributed by atoms with Gasteiger partial charge in [-0.3, -0.25) is 0 Å². The second-order valence-electron chi connectivity index (χ2n) is 6.46. The third-order valence-corrected chi connectivity index (χ3v) is 4.60. The smallest absolute Gasteiger partial charge is 0.414 e. The quantitative estimate of drug-likeness (QED) is 0.626. The van der Waals surface area contributed by atoms with E-state index in [9.17, 15) is 9.59 Å². The fourth-order valence-corrected chi connectivity index (χ4v) is 3.25. The number of hydrogen-bond acceptors (Lipinski definition) is 4. The standard InChI is InChI=1S/C23H19NO4/c25-22-20(18-12-6-2-7-13-18)24(21(28-22)19-14-8-3-9-15-19)23(26)27-16-17-10-4-1-5-11-17/h1-15,20-21H,16H2/t20-,21+/m1/s1. The minimum Gasteiger partial charge on any atom is -0.444 e. The van der Waals surface area contributed by atoms with Gasteiger partial charge in [-0.25, -0.2) is 14.5 Å². The number of esters is 1. The van der Waals surface area contributed by atoms with Crippen molar-refractivity contribution in [1.82, 2.24) is 4.90 Å². The first-order chi connectivity index (χ1) is 13.7. The monoisotopic (exact) mass is 373 g/mol.